The topological polar surface area (TPSA) is 140 Å². The fraction of sp³-hybridized carbons (Fsp3) is 0.457. The molecule has 12 heteroatoms. The van der Waals surface area contributed by atoms with Crippen molar-refractivity contribution in [2.24, 2.45) is 5.73 Å². The second-order valence-electron chi connectivity index (χ2n) is 11.7. The molecule has 0 saturated carbocycles. The van der Waals surface area contributed by atoms with E-state index in [0.717, 1.165) is 35.7 Å². The van der Waals surface area contributed by atoms with Crippen molar-refractivity contribution >= 4 is 21.7 Å². The Bertz CT molecular complexity index is 1530. The molecule has 0 bridgehead atoms. The number of halogens is 2. The Hall–Kier alpha value is -3.74. The molecule has 0 aliphatic carbocycles. The normalized spacial score (nSPS) is 13.6. The molecular weight excluding hydrogens is 626 g/mol. The maximum Gasteiger partial charge on any atom is 0.330 e. The van der Waals surface area contributed by atoms with Crippen molar-refractivity contribution in [3.8, 4) is 0 Å². The molecule has 0 spiro atoms. The largest absolute Gasteiger partial charge is 0.458 e. The van der Waals surface area contributed by atoms with Crippen molar-refractivity contribution in [3.05, 3.63) is 101 Å². The number of sulfone groups is 1. The van der Waals surface area contributed by atoms with E-state index in [1.54, 1.807) is 0 Å². The molecule has 256 valence electrons. The van der Waals surface area contributed by atoms with Gasteiger partial charge in [-0.2, -0.15) is 0 Å². The number of amides is 1. The number of benzene rings is 2. The van der Waals surface area contributed by atoms with Gasteiger partial charge in [0, 0.05) is 43.2 Å². The molecule has 9 nitrogen and oxygen atoms in total. The van der Waals surface area contributed by atoms with Crippen LogP contribution in [0.1, 0.15) is 73.5 Å². The van der Waals surface area contributed by atoms with Crippen molar-refractivity contribution in [3.63, 3.8) is 0 Å². The zero-order chi connectivity index (χ0) is 34.4. The van der Waals surface area contributed by atoms with Crippen molar-refractivity contribution in [2.75, 3.05) is 12.3 Å². The van der Waals surface area contributed by atoms with Gasteiger partial charge in [0.2, 0.25) is 0 Å². The van der Waals surface area contributed by atoms with Crippen LogP contribution in [0.25, 0.3) is 0 Å². The standard InChI is InChI=1S/C35H46F2N4O5S/c1-4-8-30(9-5-2)47(44,45)23-32(41-34(42)27-12-14-39-15-13-27)35(43)46-33(22-40-21-25-11-7-10-24(6-3)16-25)31(38)19-26-17-28(36)20-29(37)18-26/h7,10-18,20,30-33,40H,4-6,8-9,19,21-23,38H2,1-3H3,(H,41,42)/t31-,32?,33+/m0/s1. The molecule has 1 amide bonds. The van der Waals surface area contributed by atoms with Crippen LogP contribution >= 0.6 is 0 Å². The summed E-state index contributed by atoms with van der Waals surface area (Å²) < 4.78 is 60.9. The Morgan fingerprint density at radius 3 is 2.17 bits per heavy atom. The Morgan fingerprint density at radius 1 is 0.915 bits per heavy atom. The van der Waals surface area contributed by atoms with Gasteiger partial charge >= 0.3 is 5.97 Å². The van der Waals surface area contributed by atoms with Gasteiger partial charge in [0.25, 0.3) is 5.91 Å². The third-order valence-electron chi connectivity index (χ3n) is 7.87. The van der Waals surface area contributed by atoms with E-state index < -0.39 is 62.5 Å². The number of hydrogen-bond donors (Lipinski definition) is 3. The number of esters is 1. The Morgan fingerprint density at radius 2 is 1.55 bits per heavy atom. The molecule has 3 aromatic rings. The first-order chi connectivity index (χ1) is 22.4. The number of carbonyl (C=O) groups excluding carboxylic acids is 2. The maximum atomic E-state index is 14.0. The monoisotopic (exact) mass is 672 g/mol. The zero-order valence-electron chi connectivity index (χ0n) is 27.3. The van der Waals surface area contributed by atoms with Gasteiger partial charge in [-0.1, -0.05) is 57.9 Å². The van der Waals surface area contributed by atoms with E-state index in [1.807, 2.05) is 45.0 Å². The third kappa shape index (κ3) is 12.1. The zero-order valence-corrected chi connectivity index (χ0v) is 28.1. The Labute approximate surface area is 276 Å². The van der Waals surface area contributed by atoms with E-state index in [-0.39, 0.29) is 24.1 Å². The Balaban J connectivity index is 1.88. The highest BCUT2D eigenvalue weighted by Gasteiger charge is 2.35. The van der Waals surface area contributed by atoms with E-state index in [2.05, 4.69) is 15.6 Å². The number of aryl methyl sites for hydroxylation is 1. The van der Waals surface area contributed by atoms with Gasteiger partial charge in [0.05, 0.1) is 11.0 Å². The van der Waals surface area contributed by atoms with Gasteiger partial charge in [-0.05, 0) is 66.6 Å². The van der Waals surface area contributed by atoms with Crippen LogP contribution < -0.4 is 16.4 Å². The molecule has 4 N–H and O–H groups in total. The Kier molecular flexibility index (Phi) is 14.9. The number of aromatic nitrogens is 1. The molecule has 2 aromatic carbocycles. The van der Waals surface area contributed by atoms with Gasteiger partial charge in [-0.25, -0.2) is 22.0 Å². The van der Waals surface area contributed by atoms with Crippen LogP contribution in [0.2, 0.25) is 0 Å². The first-order valence-electron chi connectivity index (χ1n) is 16.1. The first kappa shape index (κ1) is 37.7. The number of ether oxygens (including phenoxy) is 1. The molecule has 3 rings (SSSR count). The summed E-state index contributed by atoms with van der Waals surface area (Å²) in [6, 6.07) is 11.4. The molecule has 0 saturated heterocycles. The highest BCUT2D eigenvalue weighted by atomic mass is 32.2. The lowest BCUT2D eigenvalue weighted by molar-refractivity contribution is -0.151. The van der Waals surface area contributed by atoms with Gasteiger partial charge in [-0.15, -0.1) is 0 Å². The highest BCUT2D eigenvalue weighted by Crippen LogP contribution is 2.19. The molecule has 0 aliphatic rings. The number of nitrogens with one attached hydrogen (secondary N) is 2. The number of rotatable bonds is 19. The minimum Gasteiger partial charge on any atom is -0.458 e. The second kappa shape index (κ2) is 18.6. The number of pyridine rings is 1. The van der Waals surface area contributed by atoms with Crippen LogP contribution in [0.4, 0.5) is 8.78 Å². The van der Waals surface area contributed by atoms with E-state index in [0.29, 0.717) is 32.2 Å². The van der Waals surface area contributed by atoms with E-state index in [1.165, 1.54) is 24.5 Å². The predicted molar refractivity (Wildman–Crippen MR) is 178 cm³/mol. The second-order valence-corrected chi connectivity index (χ2v) is 14.0. The summed E-state index contributed by atoms with van der Waals surface area (Å²) in [4.78, 5) is 30.8. The third-order valence-corrected chi connectivity index (χ3v) is 10.2. The molecule has 1 aromatic heterocycles. The SMILES string of the molecule is CCCC(CCC)S(=O)(=O)CC(NC(=O)c1ccncc1)C(=O)O[C@H](CNCc1cccc(CC)c1)[C@@H](N)Cc1cc(F)cc(F)c1. The number of hydrogen-bond acceptors (Lipinski definition) is 8. The molecule has 0 fully saturated rings. The van der Waals surface area contributed by atoms with Gasteiger partial charge in [-0.3, -0.25) is 9.78 Å². The lowest BCUT2D eigenvalue weighted by Crippen LogP contribution is -2.52. The van der Waals surface area contributed by atoms with Crippen molar-refractivity contribution < 1.29 is 31.5 Å². The van der Waals surface area contributed by atoms with Crippen LogP contribution in [0.5, 0.6) is 0 Å². The highest BCUT2D eigenvalue weighted by molar-refractivity contribution is 7.92. The summed E-state index contributed by atoms with van der Waals surface area (Å²) in [6.45, 7) is 6.28. The summed E-state index contributed by atoms with van der Waals surface area (Å²) in [6.07, 6.45) is 4.67. The fourth-order valence-corrected chi connectivity index (χ4v) is 7.54. The van der Waals surface area contributed by atoms with Crippen molar-refractivity contribution in [2.45, 2.75) is 89.3 Å². The number of nitrogens with two attached hydrogens (primary N) is 1. The molecule has 1 heterocycles. The van der Waals surface area contributed by atoms with Crippen LogP contribution in [-0.2, 0) is 38.8 Å². The van der Waals surface area contributed by atoms with Crippen LogP contribution in [0.3, 0.4) is 0 Å². The predicted octanol–water partition coefficient (Wildman–Crippen LogP) is 4.68. The molecule has 3 atom stereocenters. The summed E-state index contributed by atoms with van der Waals surface area (Å²) in [7, 11) is -3.85. The molecule has 47 heavy (non-hydrogen) atoms. The quantitative estimate of drug-likeness (QED) is 0.156. The maximum absolute atomic E-state index is 14.0. The fourth-order valence-electron chi connectivity index (χ4n) is 5.39. The van der Waals surface area contributed by atoms with Gasteiger partial charge in [0.1, 0.15) is 23.8 Å². The van der Waals surface area contributed by atoms with Crippen LogP contribution in [-0.4, -0.2) is 61.0 Å². The minimum atomic E-state index is -3.85. The number of carbonyl (C=O) groups is 2. The van der Waals surface area contributed by atoms with Gasteiger partial charge < -0.3 is 21.1 Å². The van der Waals surface area contributed by atoms with Crippen molar-refractivity contribution in [1.29, 1.82) is 0 Å². The molecule has 1 unspecified atom stereocenters. The van der Waals surface area contributed by atoms with E-state index >= 15 is 0 Å². The molecular formula is C35H46F2N4O5S. The van der Waals surface area contributed by atoms with Gasteiger partial charge in [0.15, 0.2) is 9.84 Å². The van der Waals surface area contributed by atoms with Crippen LogP contribution in [0, 0.1) is 11.6 Å². The van der Waals surface area contributed by atoms with E-state index in [9.17, 15) is 26.8 Å². The average molecular weight is 673 g/mol. The van der Waals surface area contributed by atoms with Crippen molar-refractivity contribution in [1.82, 2.24) is 15.6 Å². The molecule has 0 aliphatic heterocycles. The minimum absolute atomic E-state index is 0.0406. The smallest absolute Gasteiger partial charge is 0.330 e. The lowest BCUT2D eigenvalue weighted by atomic mass is 10.0. The van der Waals surface area contributed by atoms with Crippen LogP contribution in [0.15, 0.2) is 67.0 Å². The summed E-state index contributed by atoms with van der Waals surface area (Å²) >= 11 is 0. The number of nitrogens with zero attached hydrogens (tertiary/aromatic N) is 1. The summed E-state index contributed by atoms with van der Waals surface area (Å²) in [5.41, 5.74) is 9.08. The first-order valence-corrected chi connectivity index (χ1v) is 17.8. The summed E-state index contributed by atoms with van der Waals surface area (Å²) in [5, 5.41) is 5.10. The lowest BCUT2D eigenvalue weighted by Gasteiger charge is -2.28. The summed E-state index contributed by atoms with van der Waals surface area (Å²) in [5.74, 6) is -3.86. The van der Waals surface area contributed by atoms with E-state index in [4.69, 9.17) is 10.5 Å². The molecule has 0 radical (unpaired) electrons. The average Bonchev–Trinajstić information content (AvgIpc) is 3.03.